The van der Waals surface area contributed by atoms with Crippen molar-refractivity contribution in [2.75, 3.05) is 13.1 Å². The van der Waals surface area contributed by atoms with Gasteiger partial charge < -0.3 is 9.88 Å². The normalized spacial score (nSPS) is 22.8. The predicted molar refractivity (Wildman–Crippen MR) is 47.2 cm³/mol. The Morgan fingerprint density at radius 3 is 3.08 bits per heavy atom. The van der Waals surface area contributed by atoms with Crippen molar-refractivity contribution in [3.05, 3.63) is 34.7 Å². The molecule has 0 amide bonds. The predicted octanol–water partition coefficient (Wildman–Crippen LogP) is 0.383. The van der Waals surface area contributed by atoms with Gasteiger partial charge in [0.05, 0.1) is 6.04 Å². The summed E-state index contributed by atoms with van der Waals surface area (Å²) in [6.07, 6.45) is 2.92. The lowest BCUT2D eigenvalue weighted by atomic mass is 10.2. The Morgan fingerprint density at radius 1 is 1.50 bits per heavy atom. The molecule has 64 valence electrons. The lowest BCUT2D eigenvalue weighted by molar-refractivity contribution is 0.529. The van der Waals surface area contributed by atoms with E-state index < -0.39 is 0 Å². The van der Waals surface area contributed by atoms with E-state index in [9.17, 15) is 4.79 Å². The first-order valence-corrected chi connectivity index (χ1v) is 4.26. The molecule has 1 N–H and O–H groups in total. The molecule has 12 heavy (non-hydrogen) atoms. The molecule has 1 aliphatic heterocycles. The topological polar surface area (TPSA) is 34.0 Å². The summed E-state index contributed by atoms with van der Waals surface area (Å²) in [5.74, 6) is 0. The maximum Gasteiger partial charge on any atom is 0.250 e. The third-order valence-corrected chi connectivity index (χ3v) is 2.28. The van der Waals surface area contributed by atoms with Crippen LogP contribution in [0.15, 0.2) is 29.2 Å². The first kappa shape index (κ1) is 7.55. The Morgan fingerprint density at radius 2 is 2.42 bits per heavy atom. The van der Waals surface area contributed by atoms with Gasteiger partial charge in [0.15, 0.2) is 0 Å². The SMILES string of the molecule is O=c1ccccn1C1CCNC1. The number of rotatable bonds is 1. The van der Waals surface area contributed by atoms with Gasteiger partial charge in [0.1, 0.15) is 0 Å². The molecule has 1 aromatic rings. The molecule has 1 aromatic heterocycles. The van der Waals surface area contributed by atoms with Crippen molar-refractivity contribution in [2.24, 2.45) is 0 Å². The van der Waals surface area contributed by atoms with Crippen molar-refractivity contribution < 1.29 is 0 Å². The Labute approximate surface area is 71.0 Å². The third-order valence-electron chi connectivity index (χ3n) is 2.28. The van der Waals surface area contributed by atoms with E-state index >= 15 is 0 Å². The minimum Gasteiger partial charge on any atom is -0.315 e. The first-order valence-electron chi connectivity index (χ1n) is 4.26. The summed E-state index contributed by atoms with van der Waals surface area (Å²) in [4.78, 5) is 11.3. The van der Waals surface area contributed by atoms with Crippen LogP contribution >= 0.6 is 0 Å². The van der Waals surface area contributed by atoms with Gasteiger partial charge in [0.25, 0.3) is 5.56 Å². The van der Waals surface area contributed by atoms with Crippen molar-refractivity contribution >= 4 is 0 Å². The van der Waals surface area contributed by atoms with Gasteiger partial charge in [-0.2, -0.15) is 0 Å². The molecule has 2 heterocycles. The van der Waals surface area contributed by atoms with Gasteiger partial charge in [0.2, 0.25) is 0 Å². The van der Waals surface area contributed by atoms with Crippen molar-refractivity contribution in [2.45, 2.75) is 12.5 Å². The fourth-order valence-corrected chi connectivity index (χ4v) is 1.62. The molecular formula is C9H12N2O. The van der Waals surface area contributed by atoms with Crippen LogP contribution < -0.4 is 10.9 Å². The second-order valence-corrected chi connectivity index (χ2v) is 3.09. The summed E-state index contributed by atoms with van der Waals surface area (Å²) in [6.45, 7) is 1.94. The lowest BCUT2D eigenvalue weighted by Gasteiger charge is -2.11. The molecule has 0 bridgehead atoms. The van der Waals surface area contributed by atoms with Crippen molar-refractivity contribution in [3.63, 3.8) is 0 Å². The summed E-state index contributed by atoms with van der Waals surface area (Å²) < 4.78 is 1.81. The van der Waals surface area contributed by atoms with Crippen molar-refractivity contribution in [1.82, 2.24) is 9.88 Å². The minimum atomic E-state index is 0.103. The van der Waals surface area contributed by atoms with E-state index in [0.29, 0.717) is 6.04 Å². The maximum absolute atomic E-state index is 11.3. The number of hydrogen-bond donors (Lipinski definition) is 1. The van der Waals surface area contributed by atoms with Gasteiger partial charge in [-0.3, -0.25) is 4.79 Å². The highest BCUT2D eigenvalue weighted by atomic mass is 16.1. The zero-order valence-corrected chi connectivity index (χ0v) is 6.86. The van der Waals surface area contributed by atoms with Crippen LogP contribution in [0.2, 0.25) is 0 Å². The highest BCUT2D eigenvalue weighted by molar-refractivity contribution is 4.96. The molecule has 1 atom stereocenters. The van der Waals surface area contributed by atoms with Crippen LogP contribution in [0.5, 0.6) is 0 Å². The molecule has 0 radical (unpaired) electrons. The average Bonchev–Trinajstić information content (AvgIpc) is 2.57. The van der Waals surface area contributed by atoms with E-state index in [1.54, 1.807) is 16.7 Å². The molecule has 1 saturated heterocycles. The van der Waals surface area contributed by atoms with E-state index in [0.717, 1.165) is 19.5 Å². The second-order valence-electron chi connectivity index (χ2n) is 3.09. The van der Waals surface area contributed by atoms with Crippen LogP contribution in [-0.4, -0.2) is 17.7 Å². The molecule has 2 rings (SSSR count). The highest BCUT2D eigenvalue weighted by Crippen LogP contribution is 2.11. The van der Waals surface area contributed by atoms with Crippen LogP contribution in [0.3, 0.4) is 0 Å². The van der Waals surface area contributed by atoms with Crippen LogP contribution in [0, 0.1) is 0 Å². The van der Waals surface area contributed by atoms with E-state index in [-0.39, 0.29) is 5.56 Å². The van der Waals surface area contributed by atoms with Gasteiger partial charge in [-0.1, -0.05) is 6.07 Å². The highest BCUT2D eigenvalue weighted by Gasteiger charge is 2.15. The summed E-state index contributed by atoms with van der Waals surface area (Å²) in [7, 11) is 0. The molecule has 0 saturated carbocycles. The number of nitrogens with one attached hydrogen (secondary N) is 1. The molecule has 0 aliphatic carbocycles. The number of nitrogens with zero attached hydrogens (tertiary/aromatic N) is 1. The Balaban J connectivity index is 2.32. The monoisotopic (exact) mass is 164 g/mol. The van der Waals surface area contributed by atoms with E-state index in [1.165, 1.54) is 0 Å². The first-order chi connectivity index (χ1) is 5.88. The van der Waals surface area contributed by atoms with Gasteiger partial charge in [-0.15, -0.1) is 0 Å². The van der Waals surface area contributed by atoms with E-state index in [2.05, 4.69) is 5.32 Å². The molecule has 1 fully saturated rings. The molecule has 1 unspecified atom stereocenters. The van der Waals surface area contributed by atoms with Crippen molar-refractivity contribution in [1.29, 1.82) is 0 Å². The quantitative estimate of drug-likeness (QED) is 0.651. The van der Waals surface area contributed by atoms with Crippen LogP contribution in [0.4, 0.5) is 0 Å². The molecular weight excluding hydrogens is 152 g/mol. The van der Waals surface area contributed by atoms with Gasteiger partial charge in [-0.05, 0) is 19.0 Å². The van der Waals surface area contributed by atoms with Crippen molar-refractivity contribution in [3.8, 4) is 0 Å². The fraction of sp³-hybridized carbons (Fsp3) is 0.444. The van der Waals surface area contributed by atoms with Gasteiger partial charge in [-0.25, -0.2) is 0 Å². The zero-order valence-electron chi connectivity index (χ0n) is 6.86. The molecule has 0 aromatic carbocycles. The summed E-state index contributed by atoms with van der Waals surface area (Å²) >= 11 is 0. The van der Waals surface area contributed by atoms with Crippen LogP contribution in [0.1, 0.15) is 12.5 Å². The summed E-state index contributed by atoms with van der Waals surface area (Å²) in [5, 5.41) is 3.24. The third kappa shape index (κ3) is 1.28. The minimum absolute atomic E-state index is 0.103. The Bertz CT molecular complexity index is 312. The summed E-state index contributed by atoms with van der Waals surface area (Å²) in [5.41, 5.74) is 0.103. The van der Waals surface area contributed by atoms with Crippen LogP contribution in [0.25, 0.3) is 0 Å². The number of aromatic nitrogens is 1. The second kappa shape index (κ2) is 3.11. The smallest absolute Gasteiger partial charge is 0.250 e. The average molecular weight is 164 g/mol. The van der Waals surface area contributed by atoms with E-state index in [4.69, 9.17) is 0 Å². The Kier molecular flexibility index (Phi) is 1.96. The van der Waals surface area contributed by atoms with E-state index in [1.807, 2.05) is 12.3 Å². The molecule has 0 spiro atoms. The largest absolute Gasteiger partial charge is 0.315 e. The van der Waals surface area contributed by atoms with Crippen LogP contribution in [-0.2, 0) is 0 Å². The van der Waals surface area contributed by atoms with Gasteiger partial charge >= 0.3 is 0 Å². The summed E-state index contributed by atoms with van der Waals surface area (Å²) in [6, 6.07) is 5.65. The standard InChI is InChI=1S/C9H12N2O/c12-9-3-1-2-6-11(9)8-4-5-10-7-8/h1-3,6,8,10H,4-5,7H2. The molecule has 3 heteroatoms. The lowest BCUT2D eigenvalue weighted by Crippen LogP contribution is -2.24. The fourth-order valence-electron chi connectivity index (χ4n) is 1.62. The molecule has 1 aliphatic rings. The van der Waals surface area contributed by atoms with Gasteiger partial charge in [0, 0.05) is 18.8 Å². The molecule has 3 nitrogen and oxygen atoms in total. The number of hydrogen-bond acceptors (Lipinski definition) is 2. The maximum atomic E-state index is 11.3. The number of pyridine rings is 1. The zero-order chi connectivity index (χ0) is 8.39. The Hall–Kier alpha value is -1.09.